The average Bonchev–Trinajstić information content (AvgIpc) is 2.79. The molecular weight excluding hydrogens is 659 g/mol. The summed E-state index contributed by atoms with van der Waals surface area (Å²) >= 11 is 0. The molecule has 2 rings (SSSR count). The van der Waals surface area contributed by atoms with Crippen molar-refractivity contribution in [1.82, 2.24) is 15.1 Å². The molecule has 1 N–H and O–H groups in total. The van der Waals surface area contributed by atoms with Gasteiger partial charge < -0.3 is 19.9 Å². The number of carbonyl (C=O) groups is 2. The van der Waals surface area contributed by atoms with E-state index in [-0.39, 0.29) is 17.6 Å². The Labute approximate surface area is 183 Å². The second kappa shape index (κ2) is 12.5. The van der Waals surface area contributed by atoms with Crippen LogP contribution < -0.4 is 10.1 Å². The van der Waals surface area contributed by atoms with Crippen LogP contribution in [0.15, 0.2) is 61.2 Å². The molecule has 0 aliphatic rings. The number of ether oxygens (including phenoxy) is 1. The van der Waals surface area contributed by atoms with E-state index in [1.165, 1.54) is 18.2 Å². The van der Waals surface area contributed by atoms with Crippen molar-refractivity contribution < 1.29 is 18.7 Å². The fourth-order valence-electron chi connectivity index (χ4n) is 2.94. The molecule has 1 atom stereocenters. The average molecular weight is 688 g/mol. The van der Waals surface area contributed by atoms with Gasteiger partial charge in [-0.3, -0.25) is 16.6 Å². The van der Waals surface area contributed by atoms with E-state index in [0.717, 1.165) is 5.56 Å². The van der Waals surface area contributed by atoms with Crippen LogP contribution >= 0.6 is 0 Å². The van der Waals surface area contributed by atoms with E-state index < -0.39 is 6.10 Å². The van der Waals surface area contributed by atoms with Crippen molar-refractivity contribution in [3.63, 3.8) is 0 Å². The quantitative estimate of drug-likeness (QED) is 0.290. The van der Waals surface area contributed by atoms with Crippen molar-refractivity contribution >= 4 is 11.8 Å². The monoisotopic (exact) mass is 687 g/mol. The van der Waals surface area contributed by atoms with E-state index in [1.54, 1.807) is 66.7 Å². The zero-order valence-electron chi connectivity index (χ0n) is 18.1. The number of nitrogens with zero attached hydrogens (tertiary/aromatic N) is 2. The third-order valence-corrected chi connectivity index (χ3v) is 4.71. The Kier molecular flexibility index (Phi) is 10.1. The van der Waals surface area contributed by atoms with Crippen LogP contribution in [0.1, 0.15) is 28.9 Å². The number of hydrogen-bond acceptors (Lipinski definition) is 4. The standard InChI is InChI=1S/C24H28FN3O3.Lr/c1-5-23(29)28(6-2)16-15-27(4)17-22(18-7-11-20(25)12-8-18)31-21-13-9-19(10-14-21)24(30)26-3;/h5-14,22H,1,4,15-17H2,2-3H3,(H,26,30);/q-2;/t22-;/m0./s1. The summed E-state index contributed by atoms with van der Waals surface area (Å²) in [5.41, 5.74) is 1.31. The molecule has 8 heteroatoms. The minimum atomic E-state index is -0.432. The fraction of sp³-hybridized carbons (Fsp3) is 0.250. The molecule has 0 aliphatic heterocycles. The van der Waals surface area contributed by atoms with Crippen molar-refractivity contribution in [2.45, 2.75) is 13.0 Å². The summed E-state index contributed by atoms with van der Waals surface area (Å²) in [5.74, 6) is -0.128. The molecule has 0 aliphatic carbocycles. The molecule has 0 aromatic heterocycles. The van der Waals surface area contributed by atoms with E-state index in [0.29, 0.717) is 30.9 Å². The fourth-order valence-corrected chi connectivity index (χ4v) is 2.94. The van der Waals surface area contributed by atoms with Crippen molar-refractivity contribution in [2.24, 2.45) is 0 Å². The molecule has 0 saturated carbocycles. The molecule has 0 spiro atoms. The molecule has 0 saturated heterocycles. The molecule has 2 aromatic rings. The molecule has 1 radical (unpaired) electrons. The van der Waals surface area contributed by atoms with Gasteiger partial charge in [0.05, 0.1) is 0 Å². The summed E-state index contributed by atoms with van der Waals surface area (Å²) in [6, 6.07) is 12.9. The number of hydrogen-bond donors (Lipinski definition) is 1. The van der Waals surface area contributed by atoms with E-state index in [4.69, 9.17) is 4.74 Å². The number of nitrogens with one attached hydrogen (secondary N) is 1. The van der Waals surface area contributed by atoms with Gasteiger partial charge in [0.15, 0.2) is 0 Å². The van der Waals surface area contributed by atoms with Gasteiger partial charge >= 0.3 is 0 Å². The van der Waals surface area contributed by atoms with Crippen LogP contribution in [0, 0.1) is 19.4 Å². The van der Waals surface area contributed by atoms with Crippen LogP contribution in [-0.4, -0.2) is 48.3 Å². The Morgan fingerprint density at radius 1 is 1.19 bits per heavy atom. The van der Waals surface area contributed by atoms with Gasteiger partial charge in [0.2, 0.25) is 5.91 Å². The van der Waals surface area contributed by atoms with Crippen molar-refractivity contribution in [3.05, 3.63) is 91.7 Å². The molecule has 2 aromatic carbocycles. The molecule has 0 fully saturated rings. The van der Waals surface area contributed by atoms with E-state index in [2.05, 4.69) is 18.9 Å². The topological polar surface area (TPSA) is 61.9 Å². The summed E-state index contributed by atoms with van der Waals surface area (Å²) in [6.45, 7) is 8.33. The van der Waals surface area contributed by atoms with Gasteiger partial charge in [0.1, 0.15) is 17.7 Å². The predicted octanol–water partition coefficient (Wildman–Crippen LogP) is 3.60. The minimum Gasteiger partial charge on any atom is -0.489 e. The summed E-state index contributed by atoms with van der Waals surface area (Å²) in [6.07, 6.45) is 0.832. The largest absolute Gasteiger partial charge is 0.489 e. The third-order valence-electron chi connectivity index (χ3n) is 4.71. The number of carbonyl (C=O) groups excluding carboxylic acids is 2. The molecule has 0 heterocycles. The van der Waals surface area contributed by atoms with Crippen LogP contribution in [0.2, 0.25) is 0 Å². The SMILES string of the molecule is C=CC(=O)N([CH-]C)CCN([CH2-])C[C@H](Oc1ccc(C(=O)NC)cc1)c1ccc(F)cc1.[Lr]. The third kappa shape index (κ3) is 7.25. The number of amides is 2. The molecule has 6 nitrogen and oxygen atoms in total. The van der Waals surface area contributed by atoms with Gasteiger partial charge in [-0.2, -0.15) is 6.92 Å². The van der Waals surface area contributed by atoms with Gasteiger partial charge in [0.25, 0.3) is 5.91 Å². The zero-order valence-corrected chi connectivity index (χ0v) is 20.3. The van der Waals surface area contributed by atoms with Crippen LogP contribution in [0.25, 0.3) is 0 Å². The van der Waals surface area contributed by atoms with Gasteiger partial charge in [0, 0.05) is 25.7 Å². The Morgan fingerprint density at radius 2 is 1.81 bits per heavy atom. The maximum atomic E-state index is 13.4. The maximum Gasteiger partial charge on any atom is 0.251 e. The first-order chi connectivity index (χ1) is 14.9. The van der Waals surface area contributed by atoms with E-state index >= 15 is 0 Å². The Bertz CT molecular complexity index is 875. The van der Waals surface area contributed by atoms with Crippen LogP contribution in [0.5, 0.6) is 5.75 Å². The maximum absolute atomic E-state index is 13.4. The minimum absolute atomic E-state index is 0. The molecule has 32 heavy (non-hydrogen) atoms. The molecule has 2 amide bonds. The van der Waals surface area contributed by atoms with Gasteiger partial charge in [-0.1, -0.05) is 18.7 Å². The van der Waals surface area contributed by atoms with Crippen molar-refractivity contribution in [3.8, 4) is 5.75 Å². The number of benzene rings is 2. The van der Waals surface area contributed by atoms with Crippen LogP contribution in [-0.2, 0) is 4.79 Å². The summed E-state index contributed by atoms with van der Waals surface area (Å²) in [7, 11) is 5.62. The van der Waals surface area contributed by atoms with E-state index in [1.807, 2.05) is 0 Å². The zero-order chi connectivity index (χ0) is 22.8. The normalized spacial score (nSPS) is 11.3. The second-order valence-electron chi connectivity index (χ2n) is 6.83. The molecular formula is C24H28FLrN3O3-2. The number of halogens is 1. The van der Waals surface area contributed by atoms with Gasteiger partial charge in [-0.05, 0) is 54.6 Å². The summed E-state index contributed by atoms with van der Waals surface area (Å²) < 4.78 is 19.5. The van der Waals surface area contributed by atoms with Gasteiger partial charge in [-0.25, -0.2) is 10.9 Å². The summed E-state index contributed by atoms with van der Waals surface area (Å²) in [5, 5.41) is 2.57. The van der Waals surface area contributed by atoms with Crippen LogP contribution in [0.4, 0.5) is 4.39 Å². The first-order valence-electron chi connectivity index (χ1n) is 9.90. The first-order valence-corrected chi connectivity index (χ1v) is 9.90. The Hall–Kier alpha value is -4.19. The molecule has 181 valence electrons. The molecule has 0 unspecified atom stereocenters. The molecule has 0 bridgehead atoms. The van der Waals surface area contributed by atoms with Crippen molar-refractivity contribution in [2.75, 3.05) is 26.7 Å². The van der Waals surface area contributed by atoms with Crippen molar-refractivity contribution in [1.29, 1.82) is 0 Å². The Balaban J connectivity index is 0.00000512. The smallest absolute Gasteiger partial charge is 0.251 e. The first kappa shape index (κ1) is 25.8. The Morgan fingerprint density at radius 3 is 2.34 bits per heavy atom. The van der Waals surface area contributed by atoms with Crippen LogP contribution in [0.3, 0.4) is 0 Å². The van der Waals surface area contributed by atoms with Gasteiger partial charge in [-0.15, -0.1) is 0 Å². The second-order valence-corrected chi connectivity index (χ2v) is 6.83. The number of rotatable bonds is 11. The predicted molar refractivity (Wildman–Crippen MR) is 118 cm³/mol. The summed E-state index contributed by atoms with van der Waals surface area (Å²) in [4.78, 5) is 26.9. The van der Waals surface area contributed by atoms with E-state index in [9.17, 15) is 14.0 Å².